The number of aromatic nitrogens is 4. The minimum Gasteiger partial charge on any atom is -0.380 e. The maximum Gasteiger partial charge on any atom is 0.258 e. The monoisotopic (exact) mass is 423 g/mol. The number of carbonyl (C=O) groups is 1. The highest BCUT2D eigenvalue weighted by Crippen LogP contribution is 2.27. The molecule has 0 bridgehead atoms. The summed E-state index contributed by atoms with van der Waals surface area (Å²) >= 11 is 1.44. The van der Waals surface area contributed by atoms with E-state index in [1.165, 1.54) is 11.3 Å². The normalized spacial score (nSPS) is 19.3. The molecule has 154 valence electrons. The minimum atomic E-state index is -0.230. The lowest BCUT2D eigenvalue weighted by Gasteiger charge is -2.29. The molecule has 0 radical (unpaired) electrons. The maximum atomic E-state index is 13.0. The summed E-state index contributed by atoms with van der Waals surface area (Å²) in [6.07, 6.45) is 4.25. The molecular formula is C20H21N7O2S. The molecule has 5 rings (SSSR count). The fraction of sp³-hybridized carbons (Fsp3) is 0.300. The molecule has 1 saturated heterocycles. The van der Waals surface area contributed by atoms with Gasteiger partial charge in [0.15, 0.2) is 0 Å². The van der Waals surface area contributed by atoms with Gasteiger partial charge in [-0.2, -0.15) is 0 Å². The van der Waals surface area contributed by atoms with Crippen LogP contribution < -0.4 is 16.4 Å². The van der Waals surface area contributed by atoms with Crippen LogP contribution in [0.3, 0.4) is 0 Å². The smallest absolute Gasteiger partial charge is 0.258 e. The fourth-order valence-electron chi connectivity index (χ4n) is 3.61. The van der Waals surface area contributed by atoms with Gasteiger partial charge in [0.05, 0.1) is 46.1 Å². The average molecular weight is 424 g/mol. The number of benzene rings is 1. The summed E-state index contributed by atoms with van der Waals surface area (Å²) in [5, 5.41) is 8.07. The van der Waals surface area contributed by atoms with Crippen LogP contribution in [0.5, 0.6) is 0 Å². The van der Waals surface area contributed by atoms with Gasteiger partial charge in [-0.15, -0.1) is 11.3 Å². The fourth-order valence-corrected chi connectivity index (χ4v) is 4.46. The van der Waals surface area contributed by atoms with E-state index in [1.54, 1.807) is 17.9 Å². The van der Waals surface area contributed by atoms with E-state index < -0.39 is 0 Å². The number of ether oxygens (including phenoxy) is 1. The van der Waals surface area contributed by atoms with Gasteiger partial charge in [0, 0.05) is 31.1 Å². The molecule has 0 spiro atoms. The van der Waals surface area contributed by atoms with Crippen LogP contribution in [0.15, 0.2) is 36.1 Å². The van der Waals surface area contributed by atoms with Crippen molar-refractivity contribution in [3.63, 3.8) is 0 Å². The molecule has 4 N–H and O–H groups in total. The Labute approximate surface area is 176 Å². The number of nitrogens with zero attached hydrogens (tertiary/aromatic N) is 4. The van der Waals surface area contributed by atoms with Gasteiger partial charge in [0.25, 0.3) is 5.91 Å². The number of imidazole rings is 1. The minimum absolute atomic E-state index is 0.0360. The Balaban J connectivity index is 1.42. The molecule has 1 amide bonds. The van der Waals surface area contributed by atoms with Crippen molar-refractivity contribution in [1.29, 1.82) is 0 Å². The van der Waals surface area contributed by atoms with Gasteiger partial charge >= 0.3 is 0 Å². The number of nitrogens with one attached hydrogen (secondary N) is 2. The summed E-state index contributed by atoms with van der Waals surface area (Å²) < 4.78 is 8.14. The van der Waals surface area contributed by atoms with Gasteiger partial charge in [-0.05, 0) is 18.6 Å². The number of carbonyl (C=O) groups excluding carboxylic acids is 1. The Morgan fingerprint density at radius 2 is 2.23 bits per heavy atom. The van der Waals surface area contributed by atoms with Crippen LogP contribution in [0.1, 0.15) is 16.8 Å². The lowest BCUT2D eigenvalue weighted by molar-refractivity contribution is 0.0751. The molecule has 0 aliphatic carbocycles. The highest BCUT2D eigenvalue weighted by atomic mass is 32.1. The third-order valence-electron chi connectivity index (χ3n) is 5.28. The number of para-hydroxylation sites is 1. The SMILES string of the molecule is Cn1cnc2c(NC(=O)c3csc4cnc(N[C@@H]5CCOC[C@@H]5N)nc34)cccc21. The average Bonchev–Trinajstić information content (AvgIpc) is 3.34. The number of anilines is 2. The largest absolute Gasteiger partial charge is 0.380 e. The van der Waals surface area contributed by atoms with Crippen molar-refractivity contribution in [2.24, 2.45) is 12.8 Å². The Bertz CT molecular complexity index is 1230. The summed E-state index contributed by atoms with van der Waals surface area (Å²) in [6.45, 7) is 1.16. The highest BCUT2D eigenvalue weighted by molar-refractivity contribution is 7.17. The molecular weight excluding hydrogens is 402 g/mol. The van der Waals surface area contributed by atoms with Gasteiger partial charge in [-0.25, -0.2) is 15.0 Å². The van der Waals surface area contributed by atoms with Crippen molar-refractivity contribution >= 4 is 50.1 Å². The Morgan fingerprint density at radius 1 is 1.33 bits per heavy atom. The van der Waals surface area contributed by atoms with Crippen molar-refractivity contribution in [3.8, 4) is 0 Å². The van der Waals surface area contributed by atoms with E-state index in [1.807, 2.05) is 29.8 Å². The van der Waals surface area contributed by atoms with E-state index in [-0.39, 0.29) is 18.0 Å². The van der Waals surface area contributed by atoms with Crippen molar-refractivity contribution in [2.45, 2.75) is 18.5 Å². The summed E-state index contributed by atoms with van der Waals surface area (Å²) in [6, 6.07) is 5.61. The molecule has 30 heavy (non-hydrogen) atoms. The first-order valence-corrected chi connectivity index (χ1v) is 10.5. The summed E-state index contributed by atoms with van der Waals surface area (Å²) in [7, 11) is 1.92. The standard InChI is InChI=1S/C20H21N7O2S/c1-27-10-23-18-14(3-2-4-15(18)27)24-19(28)11-9-30-16-7-22-20(26-17(11)16)25-13-5-6-29-8-12(13)21/h2-4,7,9-10,12-13H,5-6,8,21H2,1H3,(H,24,28)(H,22,25,26)/t12-,13+/m0/s1. The van der Waals surface area contributed by atoms with E-state index in [2.05, 4.69) is 25.6 Å². The molecule has 3 aromatic heterocycles. The van der Waals surface area contributed by atoms with Gasteiger partial charge < -0.3 is 25.7 Å². The zero-order valence-electron chi connectivity index (χ0n) is 16.3. The van der Waals surface area contributed by atoms with Crippen LogP contribution >= 0.6 is 11.3 Å². The maximum absolute atomic E-state index is 13.0. The van der Waals surface area contributed by atoms with E-state index in [9.17, 15) is 4.79 Å². The van der Waals surface area contributed by atoms with Crippen molar-refractivity contribution in [3.05, 3.63) is 41.7 Å². The molecule has 1 aliphatic rings. The number of thiophene rings is 1. The summed E-state index contributed by atoms with van der Waals surface area (Å²) in [5.74, 6) is 0.232. The van der Waals surface area contributed by atoms with Gasteiger partial charge in [0.2, 0.25) is 5.95 Å². The topological polar surface area (TPSA) is 120 Å². The molecule has 4 aromatic rings. The third kappa shape index (κ3) is 3.38. The first kappa shape index (κ1) is 18.9. The van der Waals surface area contributed by atoms with Crippen molar-refractivity contribution in [1.82, 2.24) is 19.5 Å². The quantitative estimate of drug-likeness (QED) is 0.461. The van der Waals surface area contributed by atoms with E-state index >= 15 is 0 Å². The summed E-state index contributed by atoms with van der Waals surface area (Å²) in [4.78, 5) is 26.4. The lowest BCUT2D eigenvalue weighted by atomic mass is 10.1. The second-order valence-electron chi connectivity index (χ2n) is 7.32. The summed E-state index contributed by atoms with van der Waals surface area (Å²) in [5.41, 5.74) is 9.60. The Morgan fingerprint density at radius 3 is 3.10 bits per heavy atom. The molecule has 4 heterocycles. The van der Waals surface area contributed by atoms with Gasteiger partial charge in [0.1, 0.15) is 5.52 Å². The molecule has 9 nitrogen and oxygen atoms in total. The highest BCUT2D eigenvalue weighted by Gasteiger charge is 2.23. The number of amides is 1. The molecule has 10 heteroatoms. The number of aryl methyl sites for hydroxylation is 1. The molecule has 1 aliphatic heterocycles. The zero-order chi connectivity index (χ0) is 20.7. The second kappa shape index (κ2) is 7.63. The molecule has 1 aromatic carbocycles. The number of hydrogen-bond donors (Lipinski definition) is 3. The zero-order valence-corrected chi connectivity index (χ0v) is 17.1. The van der Waals surface area contributed by atoms with Gasteiger partial charge in [-0.3, -0.25) is 4.79 Å². The van der Waals surface area contributed by atoms with Crippen LogP contribution in [0, 0.1) is 0 Å². The van der Waals surface area contributed by atoms with Crippen molar-refractivity contribution in [2.75, 3.05) is 23.8 Å². The first-order chi connectivity index (χ1) is 14.6. The van der Waals surface area contributed by atoms with Crippen molar-refractivity contribution < 1.29 is 9.53 Å². The molecule has 0 unspecified atom stereocenters. The first-order valence-electron chi connectivity index (χ1n) is 9.65. The molecule has 1 fully saturated rings. The Kier molecular flexibility index (Phi) is 4.81. The Hall–Kier alpha value is -3.08. The number of fused-ring (bicyclic) bond motifs is 2. The van der Waals surface area contributed by atoms with E-state index in [4.69, 9.17) is 10.5 Å². The van der Waals surface area contributed by atoms with Crippen LogP contribution in [0.25, 0.3) is 21.3 Å². The second-order valence-corrected chi connectivity index (χ2v) is 8.23. The van der Waals surface area contributed by atoms with E-state index in [0.717, 1.165) is 22.2 Å². The molecule has 2 atom stereocenters. The number of rotatable bonds is 4. The van der Waals surface area contributed by atoms with Crippen LogP contribution in [-0.2, 0) is 11.8 Å². The van der Waals surface area contributed by atoms with Gasteiger partial charge in [-0.1, -0.05) is 6.07 Å². The molecule has 0 saturated carbocycles. The lowest BCUT2D eigenvalue weighted by Crippen LogP contribution is -2.47. The predicted molar refractivity (Wildman–Crippen MR) is 117 cm³/mol. The van der Waals surface area contributed by atoms with Crippen LogP contribution in [0.4, 0.5) is 11.6 Å². The van der Waals surface area contributed by atoms with E-state index in [0.29, 0.717) is 35.9 Å². The van der Waals surface area contributed by atoms with Crippen LogP contribution in [0.2, 0.25) is 0 Å². The third-order valence-corrected chi connectivity index (χ3v) is 6.18. The predicted octanol–water partition coefficient (Wildman–Crippen LogP) is 2.36. The number of nitrogens with two attached hydrogens (primary N) is 1. The number of hydrogen-bond acceptors (Lipinski definition) is 8. The van der Waals surface area contributed by atoms with Crippen LogP contribution in [-0.4, -0.2) is 50.7 Å².